The van der Waals surface area contributed by atoms with Gasteiger partial charge in [-0.2, -0.15) is 0 Å². The molecule has 104 valence electrons. The monoisotopic (exact) mass is 289 g/mol. The predicted molar refractivity (Wildman–Crippen MR) is 78.1 cm³/mol. The maximum atomic E-state index is 12.2. The Labute approximate surface area is 122 Å². The lowest BCUT2D eigenvalue weighted by atomic mass is 9.75. The second kappa shape index (κ2) is 5.33. The van der Waals surface area contributed by atoms with E-state index in [0.29, 0.717) is 17.2 Å². The number of rotatable bonds is 3. The molecule has 1 aliphatic rings. The van der Waals surface area contributed by atoms with Crippen LogP contribution in [-0.4, -0.2) is 11.9 Å². The van der Waals surface area contributed by atoms with Crippen molar-refractivity contribution in [3.8, 4) is 0 Å². The molecule has 1 fully saturated rings. The third-order valence-corrected chi connectivity index (χ3v) is 4.24. The quantitative estimate of drug-likeness (QED) is 0.930. The molecular weight excluding hydrogens is 274 g/mol. The van der Waals surface area contributed by atoms with Gasteiger partial charge in [-0.3, -0.25) is 4.79 Å². The van der Waals surface area contributed by atoms with Crippen LogP contribution in [0.2, 0.25) is 5.02 Å². The number of carbonyl (C=O) groups excluding carboxylic acids is 1. The van der Waals surface area contributed by atoms with E-state index in [1.54, 1.807) is 19.3 Å². The van der Waals surface area contributed by atoms with Crippen LogP contribution in [0.1, 0.15) is 40.4 Å². The molecular formula is C16H16ClNO2. The van der Waals surface area contributed by atoms with Crippen molar-refractivity contribution in [2.75, 3.05) is 0 Å². The van der Waals surface area contributed by atoms with Crippen LogP contribution in [0, 0.1) is 6.92 Å². The number of furan rings is 1. The van der Waals surface area contributed by atoms with E-state index in [-0.39, 0.29) is 11.9 Å². The number of carbonyl (C=O) groups is 1. The third kappa shape index (κ3) is 2.46. The molecule has 1 aromatic heterocycles. The van der Waals surface area contributed by atoms with Gasteiger partial charge >= 0.3 is 0 Å². The molecule has 2 unspecified atom stereocenters. The van der Waals surface area contributed by atoms with Crippen LogP contribution in [0.3, 0.4) is 0 Å². The van der Waals surface area contributed by atoms with Crippen molar-refractivity contribution in [1.82, 2.24) is 5.32 Å². The van der Waals surface area contributed by atoms with Crippen LogP contribution < -0.4 is 5.32 Å². The molecule has 2 atom stereocenters. The molecule has 0 saturated heterocycles. The Morgan fingerprint density at radius 1 is 1.25 bits per heavy atom. The van der Waals surface area contributed by atoms with Crippen molar-refractivity contribution in [1.29, 1.82) is 0 Å². The summed E-state index contributed by atoms with van der Waals surface area (Å²) in [6.07, 6.45) is 3.65. The van der Waals surface area contributed by atoms with Crippen LogP contribution in [0.15, 0.2) is 41.0 Å². The molecule has 3 rings (SSSR count). The second-order valence-electron chi connectivity index (χ2n) is 5.21. The summed E-state index contributed by atoms with van der Waals surface area (Å²) >= 11 is 5.90. The predicted octanol–water partition coefficient (Wildman–Crippen LogP) is 3.92. The lowest BCUT2D eigenvalue weighted by Gasteiger charge is -2.37. The fourth-order valence-corrected chi connectivity index (χ4v) is 2.77. The first-order valence-corrected chi connectivity index (χ1v) is 7.13. The Morgan fingerprint density at radius 3 is 2.55 bits per heavy atom. The van der Waals surface area contributed by atoms with Crippen molar-refractivity contribution in [2.24, 2.45) is 0 Å². The molecule has 4 heteroatoms. The number of halogens is 1. The summed E-state index contributed by atoms with van der Waals surface area (Å²) in [6, 6.07) is 9.77. The van der Waals surface area contributed by atoms with Gasteiger partial charge in [0.25, 0.3) is 5.91 Å². The first-order chi connectivity index (χ1) is 9.65. The molecule has 1 aliphatic carbocycles. The molecule has 1 heterocycles. The molecule has 20 heavy (non-hydrogen) atoms. The molecule has 3 nitrogen and oxygen atoms in total. The number of aryl methyl sites for hydroxylation is 1. The van der Waals surface area contributed by atoms with Gasteiger partial charge in [-0.05, 0) is 43.5 Å². The average molecular weight is 290 g/mol. The topological polar surface area (TPSA) is 42.2 Å². The fraction of sp³-hybridized carbons (Fsp3) is 0.312. The normalized spacial score (nSPS) is 21.3. The minimum Gasteiger partial charge on any atom is -0.469 e. The maximum absolute atomic E-state index is 12.2. The molecule has 1 aromatic carbocycles. The smallest absolute Gasteiger partial charge is 0.255 e. The molecule has 0 spiro atoms. The molecule has 0 radical (unpaired) electrons. The van der Waals surface area contributed by atoms with E-state index in [1.165, 1.54) is 5.56 Å². The van der Waals surface area contributed by atoms with E-state index < -0.39 is 0 Å². The summed E-state index contributed by atoms with van der Waals surface area (Å²) in [4.78, 5) is 12.2. The highest BCUT2D eigenvalue weighted by Gasteiger charge is 2.33. The molecule has 1 saturated carbocycles. The zero-order valence-electron chi connectivity index (χ0n) is 11.2. The Balaban J connectivity index is 1.68. The largest absolute Gasteiger partial charge is 0.469 e. The minimum atomic E-state index is -0.0556. The third-order valence-electron chi connectivity index (χ3n) is 3.99. The van der Waals surface area contributed by atoms with Crippen LogP contribution >= 0.6 is 11.6 Å². The fourth-order valence-electron chi connectivity index (χ4n) is 2.65. The van der Waals surface area contributed by atoms with Crippen molar-refractivity contribution in [2.45, 2.75) is 31.7 Å². The Hall–Kier alpha value is -1.74. The van der Waals surface area contributed by atoms with Crippen molar-refractivity contribution < 1.29 is 9.21 Å². The number of benzene rings is 1. The highest BCUT2D eigenvalue weighted by atomic mass is 35.5. The van der Waals surface area contributed by atoms with Crippen molar-refractivity contribution in [3.05, 3.63) is 58.5 Å². The molecule has 0 bridgehead atoms. The summed E-state index contributed by atoms with van der Waals surface area (Å²) in [5.41, 5.74) is 1.85. The molecule has 1 N–H and O–H groups in total. The van der Waals surface area contributed by atoms with E-state index in [4.69, 9.17) is 16.0 Å². The van der Waals surface area contributed by atoms with Gasteiger partial charge in [0, 0.05) is 17.0 Å². The van der Waals surface area contributed by atoms with Crippen molar-refractivity contribution >= 4 is 17.5 Å². The molecule has 1 amide bonds. The van der Waals surface area contributed by atoms with Gasteiger partial charge < -0.3 is 9.73 Å². The van der Waals surface area contributed by atoms with Crippen LogP contribution in [-0.2, 0) is 0 Å². The van der Waals surface area contributed by atoms with Gasteiger partial charge in [-0.1, -0.05) is 23.7 Å². The lowest BCUT2D eigenvalue weighted by Crippen LogP contribution is -2.45. The zero-order valence-corrected chi connectivity index (χ0v) is 12.0. The van der Waals surface area contributed by atoms with E-state index in [0.717, 1.165) is 17.9 Å². The number of nitrogens with one attached hydrogen (secondary N) is 1. The standard InChI is InChI=1S/C16H16ClNO2/c1-10-13(8-9-20-10)16(19)18-15-7-6-14(15)11-2-4-12(17)5-3-11/h2-5,8-9,14-15H,6-7H2,1H3,(H,18,19). The highest BCUT2D eigenvalue weighted by molar-refractivity contribution is 6.30. The lowest BCUT2D eigenvalue weighted by molar-refractivity contribution is 0.0903. The van der Waals surface area contributed by atoms with Gasteiger partial charge in [0.05, 0.1) is 11.8 Å². The Bertz CT molecular complexity index is 618. The first kappa shape index (κ1) is 13.3. The van der Waals surface area contributed by atoms with Gasteiger partial charge in [0.1, 0.15) is 5.76 Å². The minimum absolute atomic E-state index is 0.0556. The Morgan fingerprint density at radius 2 is 2.00 bits per heavy atom. The maximum Gasteiger partial charge on any atom is 0.255 e. The second-order valence-corrected chi connectivity index (χ2v) is 5.64. The summed E-state index contributed by atoms with van der Waals surface area (Å²) in [7, 11) is 0. The average Bonchev–Trinajstić information content (AvgIpc) is 2.83. The summed E-state index contributed by atoms with van der Waals surface area (Å²) in [5.74, 6) is 0.980. The van der Waals surface area contributed by atoms with Crippen molar-refractivity contribution in [3.63, 3.8) is 0 Å². The summed E-state index contributed by atoms with van der Waals surface area (Å²) in [5, 5.41) is 3.83. The van der Waals surface area contributed by atoms with E-state index in [1.807, 2.05) is 24.3 Å². The highest BCUT2D eigenvalue weighted by Crippen LogP contribution is 2.37. The van der Waals surface area contributed by atoms with Gasteiger partial charge in [0.2, 0.25) is 0 Å². The molecule has 2 aromatic rings. The zero-order chi connectivity index (χ0) is 14.1. The summed E-state index contributed by atoms with van der Waals surface area (Å²) in [6.45, 7) is 1.80. The number of hydrogen-bond donors (Lipinski definition) is 1. The van der Waals surface area contributed by atoms with E-state index in [9.17, 15) is 4.79 Å². The Kier molecular flexibility index (Phi) is 3.53. The van der Waals surface area contributed by atoms with E-state index in [2.05, 4.69) is 5.32 Å². The van der Waals surface area contributed by atoms with Crippen LogP contribution in [0.5, 0.6) is 0 Å². The molecule has 0 aliphatic heterocycles. The summed E-state index contributed by atoms with van der Waals surface area (Å²) < 4.78 is 5.17. The first-order valence-electron chi connectivity index (χ1n) is 6.75. The van der Waals surface area contributed by atoms with Gasteiger partial charge in [-0.15, -0.1) is 0 Å². The number of amides is 1. The number of hydrogen-bond acceptors (Lipinski definition) is 2. The van der Waals surface area contributed by atoms with Crippen LogP contribution in [0.25, 0.3) is 0 Å². The van der Waals surface area contributed by atoms with E-state index >= 15 is 0 Å². The van der Waals surface area contributed by atoms with Gasteiger partial charge in [0.15, 0.2) is 0 Å². The van der Waals surface area contributed by atoms with Crippen LogP contribution in [0.4, 0.5) is 0 Å². The van der Waals surface area contributed by atoms with Gasteiger partial charge in [-0.25, -0.2) is 0 Å². The SMILES string of the molecule is Cc1occc1C(=O)NC1CCC1c1ccc(Cl)cc1.